The Hall–Kier alpha value is -1.84. The van der Waals surface area contributed by atoms with E-state index in [1.54, 1.807) is 12.1 Å². The fourth-order valence-corrected chi connectivity index (χ4v) is 1.35. The normalized spacial score (nSPS) is 10.4. The number of H-pyrrole nitrogens is 1. The van der Waals surface area contributed by atoms with Gasteiger partial charge in [-0.25, -0.2) is 9.37 Å². The molecule has 3 nitrogen and oxygen atoms in total. The summed E-state index contributed by atoms with van der Waals surface area (Å²) in [5.74, 6) is 0.930. The number of nitrogens with two attached hydrogens (primary N) is 1. The topological polar surface area (TPSA) is 54.7 Å². The number of aryl methyl sites for hydroxylation is 1. The molecule has 0 aliphatic rings. The molecule has 0 amide bonds. The van der Waals surface area contributed by atoms with E-state index in [-0.39, 0.29) is 5.82 Å². The highest BCUT2D eigenvalue weighted by Crippen LogP contribution is 2.23. The third kappa shape index (κ3) is 1.46. The number of hydrogen-bond donors (Lipinski definition) is 2. The second kappa shape index (κ2) is 3.14. The Labute approximate surface area is 80.8 Å². The minimum absolute atomic E-state index is 0.261. The largest absolute Gasteiger partial charge is 0.382 e. The molecular formula is C10H10FN3. The zero-order valence-corrected chi connectivity index (χ0v) is 7.71. The number of nitrogen functional groups attached to an aromatic ring is 1. The molecule has 0 atom stereocenters. The molecule has 1 heterocycles. The second-order valence-corrected chi connectivity index (χ2v) is 3.09. The minimum Gasteiger partial charge on any atom is -0.382 e. The molecule has 1 aromatic heterocycles. The Kier molecular flexibility index (Phi) is 1.96. The van der Waals surface area contributed by atoms with Gasteiger partial charge in [-0.2, -0.15) is 0 Å². The van der Waals surface area contributed by atoms with Gasteiger partial charge in [-0.3, -0.25) is 0 Å². The number of imidazole rings is 1. The van der Waals surface area contributed by atoms with E-state index in [0.717, 1.165) is 17.1 Å². The summed E-state index contributed by atoms with van der Waals surface area (Å²) in [4.78, 5) is 7.06. The summed E-state index contributed by atoms with van der Waals surface area (Å²) in [6.07, 6.45) is 0. The maximum Gasteiger partial charge on any atom is 0.149 e. The van der Waals surface area contributed by atoms with Gasteiger partial charge in [0, 0.05) is 5.56 Å². The van der Waals surface area contributed by atoms with Crippen molar-refractivity contribution >= 4 is 5.82 Å². The van der Waals surface area contributed by atoms with Crippen LogP contribution in [0, 0.1) is 12.7 Å². The van der Waals surface area contributed by atoms with E-state index in [1.807, 2.05) is 6.92 Å². The highest BCUT2D eigenvalue weighted by Gasteiger charge is 2.06. The number of aromatic nitrogens is 2. The SMILES string of the molecule is Cc1nc(N)c(-c2ccc(F)cc2)[nH]1. The van der Waals surface area contributed by atoms with Gasteiger partial charge in [-0.15, -0.1) is 0 Å². The molecule has 14 heavy (non-hydrogen) atoms. The van der Waals surface area contributed by atoms with Crippen molar-refractivity contribution in [2.45, 2.75) is 6.92 Å². The Morgan fingerprint density at radius 1 is 1.29 bits per heavy atom. The average molecular weight is 191 g/mol. The molecule has 0 bridgehead atoms. The van der Waals surface area contributed by atoms with Gasteiger partial charge in [0.2, 0.25) is 0 Å². The first-order valence-electron chi connectivity index (χ1n) is 4.25. The van der Waals surface area contributed by atoms with E-state index < -0.39 is 0 Å². The van der Waals surface area contributed by atoms with Crippen LogP contribution in [-0.4, -0.2) is 9.97 Å². The predicted molar refractivity (Wildman–Crippen MR) is 53.1 cm³/mol. The molecule has 0 unspecified atom stereocenters. The number of nitrogens with zero attached hydrogens (tertiary/aromatic N) is 1. The van der Waals surface area contributed by atoms with Crippen LogP contribution < -0.4 is 5.73 Å². The summed E-state index contributed by atoms with van der Waals surface area (Å²) in [5.41, 5.74) is 7.25. The third-order valence-electron chi connectivity index (χ3n) is 1.98. The lowest BCUT2D eigenvalue weighted by molar-refractivity contribution is 0.628. The molecule has 3 N–H and O–H groups in total. The van der Waals surface area contributed by atoms with Gasteiger partial charge in [0.15, 0.2) is 0 Å². The van der Waals surface area contributed by atoms with Crippen molar-refractivity contribution < 1.29 is 4.39 Å². The molecule has 0 saturated carbocycles. The molecule has 0 saturated heterocycles. The lowest BCUT2D eigenvalue weighted by Crippen LogP contribution is -1.88. The number of anilines is 1. The van der Waals surface area contributed by atoms with Crippen LogP contribution in [0.15, 0.2) is 24.3 Å². The van der Waals surface area contributed by atoms with Crippen LogP contribution >= 0.6 is 0 Å². The quantitative estimate of drug-likeness (QED) is 0.725. The van der Waals surface area contributed by atoms with E-state index in [9.17, 15) is 4.39 Å². The fourth-order valence-electron chi connectivity index (χ4n) is 1.35. The summed E-state index contributed by atoms with van der Waals surface area (Å²) < 4.78 is 12.7. The van der Waals surface area contributed by atoms with E-state index in [0.29, 0.717) is 5.82 Å². The smallest absolute Gasteiger partial charge is 0.149 e. The average Bonchev–Trinajstić information content (AvgIpc) is 2.47. The summed E-state index contributed by atoms with van der Waals surface area (Å²) in [6, 6.07) is 6.12. The first kappa shape index (κ1) is 8.74. The van der Waals surface area contributed by atoms with Gasteiger partial charge < -0.3 is 10.7 Å². The molecular weight excluding hydrogens is 181 g/mol. The van der Waals surface area contributed by atoms with Crippen molar-refractivity contribution in [1.29, 1.82) is 0 Å². The number of aromatic amines is 1. The van der Waals surface area contributed by atoms with Gasteiger partial charge in [0.05, 0.1) is 5.69 Å². The number of rotatable bonds is 1. The Bertz CT molecular complexity index is 445. The van der Waals surface area contributed by atoms with Crippen LogP contribution in [0.25, 0.3) is 11.3 Å². The van der Waals surface area contributed by atoms with Gasteiger partial charge >= 0.3 is 0 Å². The van der Waals surface area contributed by atoms with E-state index in [2.05, 4.69) is 9.97 Å². The standard InChI is InChI=1S/C10H10FN3/c1-6-13-9(10(12)14-6)7-2-4-8(11)5-3-7/h2-5H,12H2,1H3,(H,13,14). The van der Waals surface area contributed by atoms with E-state index >= 15 is 0 Å². The summed E-state index contributed by atoms with van der Waals surface area (Å²) in [5, 5.41) is 0. The Balaban J connectivity index is 2.49. The molecule has 1 aromatic carbocycles. The second-order valence-electron chi connectivity index (χ2n) is 3.09. The minimum atomic E-state index is -0.261. The molecule has 0 radical (unpaired) electrons. The first-order valence-corrected chi connectivity index (χ1v) is 4.25. The highest BCUT2D eigenvalue weighted by atomic mass is 19.1. The van der Waals surface area contributed by atoms with Gasteiger partial charge in [-0.05, 0) is 31.2 Å². The van der Waals surface area contributed by atoms with Crippen molar-refractivity contribution in [3.63, 3.8) is 0 Å². The van der Waals surface area contributed by atoms with Crippen molar-refractivity contribution in [2.75, 3.05) is 5.73 Å². The van der Waals surface area contributed by atoms with E-state index in [1.165, 1.54) is 12.1 Å². The highest BCUT2D eigenvalue weighted by molar-refractivity contribution is 5.70. The van der Waals surface area contributed by atoms with Crippen molar-refractivity contribution in [3.05, 3.63) is 35.9 Å². The molecule has 4 heteroatoms. The Morgan fingerprint density at radius 2 is 1.93 bits per heavy atom. The van der Waals surface area contributed by atoms with Crippen molar-refractivity contribution in [1.82, 2.24) is 9.97 Å². The number of hydrogen-bond acceptors (Lipinski definition) is 2. The first-order chi connectivity index (χ1) is 6.66. The van der Waals surface area contributed by atoms with Crippen molar-refractivity contribution in [3.8, 4) is 11.3 Å². The van der Waals surface area contributed by atoms with Gasteiger partial charge in [0.25, 0.3) is 0 Å². The number of benzene rings is 1. The predicted octanol–water partition coefficient (Wildman–Crippen LogP) is 2.11. The van der Waals surface area contributed by atoms with E-state index in [4.69, 9.17) is 5.73 Å². The van der Waals surface area contributed by atoms with Crippen LogP contribution in [0.5, 0.6) is 0 Å². The molecule has 2 aromatic rings. The van der Waals surface area contributed by atoms with Crippen molar-refractivity contribution in [2.24, 2.45) is 0 Å². The van der Waals surface area contributed by atoms with Gasteiger partial charge in [-0.1, -0.05) is 0 Å². The summed E-state index contributed by atoms with van der Waals surface area (Å²) >= 11 is 0. The molecule has 72 valence electrons. The maximum absolute atomic E-state index is 12.7. The zero-order chi connectivity index (χ0) is 10.1. The summed E-state index contributed by atoms with van der Waals surface area (Å²) in [6.45, 7) is 1.82. The summed E-state index contributed by atoms with van der Waals surface area (Å²) in [7, 11) is 0. The molecule has 0 spiro atoms. The molecule has 2 rings (SSSR count). The van der Waals surface area contributed by atoms with Crippen LogP contribution in [0.3, 0.4) is 0 Å². The number of nitrogens with one attached hydrogen (secondary N) is 1. The zero-order valence-electron chi connectivity index (χ0n) is 7.71. The van der Waals surface area contributed by atoms with Crippen LogP contribution in [0.1, 0.15) is 5.82 Å². The lowest BCUT2D eigenvalue weighted by Gasteiger charge is -1.98. The molecule has 0 aliphatic carbocycles. The Morgan fingerprint density at radius 3 is 2.43 bits per heavy atom. The van der Waals surface area contributed by atoms with Crippen LogP contribution in [0.2, 0.25) is 0 Å². The molecule has 0 aliphatic heterocycles. The molecule has 0 fully saturated rings. The third-order valence-corrected chi connectivity index (χ3v) is 1.98. The monoisotopic (exact) mass is 191 g/mol. The lowest BCUT2D eigenvalue weighted by atomic mass is 10.1. The van der Waals surface area contributed by atoms with Crippen LogP contribution in [0.4, 0.5) is 10.2 Å². The number of halogens is 1. The maximum atomic E-state index is 12.7. The van der Waals surface area contributed by atoms with Crippen LogP contribution in [-0.2, 0) is 0 Å². The fraction of sp³-hybridized carbons (Fsp3) is 0.100. The van der Waals surface area contributed by atoms with Gasteiger partial charge in [0.1, 0.15) is 17.5 Å².